The Bertz CT molecular complexity index is 3190. The van der Waals surface area contributed by atoms with Gasteiger partial charge in [0.15, 0.2) is 0 Å². The first kappa shape index (κ1) is 51.3. The number of nitrogen functional groups attached to an aromatic ring is 1. The maximum atomic E-state index is 14.5. The van der Waals surface area contributed by atoms with Crippen molar-refractivity contribution in [1.82, 2.24) is 0 Å². The first-order valence-electron chi connectivity index (χ1n) is 20.9. The van der Waals surface area contributed by atoms with Crippen LogP contribution in [0.25, 0.3) is 22.3 Å². The van der Waals surface area contributed by atoms with E-state index < -0.39 is 110 Å². The molecule has 1 aliphatic carbocycles. The van der Waals surface area contributed by atoms with Gasteiger partial charge in [-0.2, -0.15) is 52.7 Å². The number of benzene rings is 6. The lowest BCUT2D eigenvalue weighted by Gasteiger charge is -2.20. The second-order valence-corrected chi connectivity index (χ2v) is 16.0. The van der Waals surface area contributed by atoms with Gasteiger partial charge in [0, 0.05) is 56.4 Å². The van der Waals surface area contributed by atoms with Crippen molar-refractivity contribution in [3.8, 4) is 22.3 Å². The monoisotopic (exact) mass is 1010 g/mol. The molecule has 72 heavy (non-hydrogen) atoms. The lowest BCUT2D eigenvalue weighted by atomic mass is 9.93. The van der Waals surface area contributed by atoms with Crippen molar-refractivity contribution in [1.29, 1.82) is 0 Å². The number of nitrogens with one attached hydrogen (secondary N) is 4. The fourth-order valence-corrected chi connectivity index (χ4v) is 7.55. The van der Waals surface area contributed by atoms with Gasteiger partial charge in [-0.05, 0) is 132 Å². The number of allylic oxidation sites excluding steroid dienone is 2. The van der Waals surface area contributed by atoms with Gasteiger partial charge in [-0.3, -0.25) is 19.2 Å². The van der Waals surface area contributed by atoms with Gasteiger partial charge in [-0.1, -0.05) is 36.4 Å². The van der Waals surface area contributed by atoms with E-state index in [4.69, 9.17) is 11.5 Å². The minimum absolute atomic E-state index is 0.00329. The van der Waals surface area contributed by atoms with Crippen LogP contribution in [0.1, 0.15) is 66.2 Å². The number of nitrogens with two attached hydrogens (primary N) is 2. The number of alkyl halides is 12. The molecular formula is C50H34F12N6O4. The van der Waals surface area contributed by atoms with Gasteiger partial charge in [0.25, 0.3) is 23.6 Å². The van der Waals surface area contributed by atoms with Crippen LogP contribution >= 0.6 is 0 Å². The Morgan fingerprint density at radius 2 is 0.736 bits per heavy atom. The van der Waals surface area contributed by atoms with E-state index in [1.807, 2.05) is 0 Å². The summed E-state index contributed by atoms with van der Waals surface area (Å²) in [7, 11) is 0. The highest BCUT2D eigenvalue weighted by Crippen LogP contribution is 2.46. The Kier molecular flexibility index (Phi) is 14.0. The third kappa shape index (κ3) is 11.9. The molecule has 1 aliphatic rings. The number of rotatable bonds is 10. The van der Waals surface area contributed by atoms with Gasteiger partial charge >= 0.3 is 24.7 Å². The molecule has 0 bridgehead atoms. The molecule has 6 aromatic carbocycles. The summed E-state index contributed by atoms with van der Waals surface area (Å²) in [6.07, 6.45) is -17.3. The molecule has 22 heteroatoms. The summed E-state index contributed by atoms with van der Waals surface area (Å²) in [5, 5.41) is 8.94. The van der Waals surface area contributed by atoms with Crippen molar-refractivity contribution in [2.45, 2.75) is 37.5 Å². The molecule has 0 heterocycles. The van der Waals surface area contributed by atoms with E-state index >= 15 is 0 Å². The predicted octanol–water partition coefficient (Wildman–Crippen LogP) is 12.9. The number of halogens is 12. The molecule has 0 unspecified atom stereocenters. The zero-order valence-electron chi connectivity index (χ0n) is 36.4. The summed E-state index contributed by atoms with van der Waals surface area (Å²) >= 11 is 0. The van der Waals surface area contributed by atoms with Crippen LogP contribution in [0.2, 0.25) is 0 Å². The number of amides is 4. The van der Waals surface area contributed by atoms with Gasteiger partial charge in [-0.25, -0.2) is 0 Å². The minimum atomic E-state index is -5.27. The van der Waals surface area contributed by atoms with Crippen LogP contribution in [0.5, 0.6) is 0 Å². The largest absolute Gasteiger partial charge is 0.417 e. The molecule has 0 saturated carbocycles. The molecule has 8 N–H and O–H groups in total. The predicted molar refractivity (Wildman–Crippen MR) is 243 cm³/mol. The fraction of sp³-hybridized carbons (Fsp3) is 0.120. The average molecular weight is 1010 g/mol. The lowest BCUT2D eigenvalue weighted by molar-refractivity contribution is -0.139. The average Bonchev–Trinajstić information content (AvgIpc) is 3.30. The molecule has 0 fully saturated rings. The van der Waals surface area contributed by atoms with Crippen LogP contribution in [-0.2, 0) is 29.5 Å². The number of anilines is 5. The zero-order chi connectivity index (χ0) is 52.5. The quantitative estimate of drug-likeness (QED) is 0.0590. The molecule has 0 saturated heterocycles. The zero-order valence-corrected chi connectivity index (χ0v) is 36.4. The van der Waals surface area contributed by atoms with Crippen molar-refractivity contribution < 1.29 is 71.9 Å². The Morgan fingerprint density at radius 1 is 0.403 bits per heavy atom. The number of hydrogen-bond acceptors (Lipinski definition) is 6. The van der Waals surface area contributed by atoms with Crippen LogP contribution in [0.4, 0.5) is 81.1 Å². The van der Waals surface area contributed by atoms with Gasteiger partial charge in [0.2, 0.25) is 0 Å². The van der Waals surface area contributed by atoms with E-state index in [1.165, 1.54) is 30.3 Å². The number of carbonyl (C=O) groups is 4. The summed E-state index contributed by atoms with van der Waals surface area (Å²) in [5.41, 5.74) is -0.112. The molecule has 0 atom stereocenters. The SMILES string of the molecule is NC1=CCCC(C(=O)Nc2ccc(-c3ccc(NC(=O)c4ccc(C(=O)Nc5ccc(-c6ccc(NC(=O)c7cccc(N)c7)cc6C(F)(F)F)c(C(F)(F)F)c5)cc4)cc3C(F)(F)F)c(C(F)(F)F)c2)=C1. The number of carbonyl (C=O) groups excluding carboxylic acids is 4. The lowest BCUT2D eigenvalue weighted by Crippen LogP contribution is -2.18. The summed E-state index contributed by atoms with van der Waals surface area (Å²) in [4.78, 5) is 51.7. The highest BCUT2D eigenvalue weighted by molar-refractivity contribution is 6.08. The highest BCUT2D eigenvalue weighted by atomic mass is 19.4. The summed E-state index contributed by atoms with van der Waals surface area (Å²) in [5.74, 6) is -3.71. The molecule has 4 amide bonds. The van der Waals surface area contributed by atoms with Gasteiger partial charge in [-0.15, -0.1) is 0 Å². The summed E-state index contributed by atoms with van der Waals surface area (Å²) < 4.78 is 173. The molecule has 0 aliphatic heterocycles. The molecular weight excluding hydrogens is 977 g/mol. The molecule has 7 rings (SSSR count). The number of hydrogen-bond donors (Lipinski definition) is 6. The minimum Gasteiger partial charge on any atom is -0.399 e. The van der Waals surface area contributed by atoms with E-state index in [1.54, 1.807) is 6.08 Å². The fourth-order valence-electron chi connectivity index (χ4n) is 7.55. The molecule has 0 aromatic heterocycles. The third-order valence-electron chi connectivity index (χ3n) is 10.9. The topological polar surface area (TPSA) is 168 Å². The third-order valence-corrected chi connectivity index (χ3v) is 10.9. The van der Waals surface area contributed by atoms with Crippen LogP contribution in [0.15, 0.2) is 145 Å². The van der Waals surface area contributed by atoms with Gasteiger partial charge in [0.1, 0.15) is 0 Å². The second kappa shape index (κ2) is 19.7. The van der Waals surface area contributed by atoms with Crippen LogP contribution in [0, 0.1) is 0 Å². The standard InChI is InChI=1S/C50H34F12N6O4/c51-47(52,53)39-21-31(11-15-35(39)37-17-13-33(23-41(37)49(57,58)59)67-45(71)27-3-1-5-29(63)19-27)65-43(69)25-7-9-26(10-8-25)44(70)66-32-12-16-36(40(22-32)48(54,55)56)38-18-14-34(24-42(38)50(60,61)62)68-46(72)28-4-2-6-30(64)20-28/h1,3,5-24H,2,4,63-64H2,(H,65,69)(H,66,70)(H,67,71)(H,68,72). The van der Waals surface area contributed by atoms with Gasteiger partial charge < -0.3 is 32.7 Å². The highest BCUT2D eigenvalue weighted by Gasteiger charge is 2.41. The van der Waals surface area contributed by atoms with Gasteiger partial charge in [0.05, 0.1) is 22.3 Å². The van der Waals surface area contributed by atoms with Crippen molar-refractivity contribution in [2.75, 3.05) is 27.0 Å². The van der Waals surface area contributed by atoms with Crippen molar-refractivity contribution in [2.24, 2.45) is 5.73 Å². The molecule has 0 radical (unpaired) electrons. The molecule has 10 nitrogen and oxygen atoms in total. The second-order valence-electron chi connectivity index (χ2n) is 16.0. The van der Waals surface area contributed by atoms with Crippen LogP contribution in [-0.4, -0.2) is 23.6 Å². The normalized spacial score (nSPS) is 13.1. The van der Waals surface area contributed by atoms with E-state index in [2.05, 4.69) is 21.3 Å². The maximum absolute atomic E-state index is 14.5. The van der Waals surface area contributed by atoms with E-state index in [0.29, 0.717) is 42.8 Å². The van der Waals surface area contributed by atoms with Crippen molar-refractivity contribution >= 4 is 52.1 Å². The Balaban J connectivity index is 1.08. The smallest absolute Gasteiger partial charge is 0.399 e. The first-order valence-corrected chi connectivity index (χ1v) is 20.9. The Hall–Kier alpha value is -8.56. The molecule has 372 valence electrons. The van der Waals surface area contributed by atoms with E-state index in [9.17, 15) is 71.9 Å². The summed E-state index contributed by atoms with van der Waals surface area (Å²) in [6, 6.07) is 18.1. The van der Waals surface area contributed by atoms with E-state index in [0.717, 1.165) is 60.7 Å². The van der Waals surface area contributed by atoms with Crippen molar-refractivity contribution in [3.63, 3.8) is 0 Å². The van der Waals surface area contributed by atoms with Crippen molar-refractivity contribution in [3.05, 3.63) is 184 Å². The Labute approximate surface area is 399 Å². The van der Waals surface area contributed by atoms with Crippen LogP contribution < -0.4 is 32.7 Å². The first-order chi connectivity index (χ1) is 33.6. The Morgan fingerprint density at radius 3 is 1.06 bits per heavy atom. The van der Waals surface area contributed by atoms with E-state index in [-0.39, 0.29) is 45.8 Å². The summed E-state index contributed by atoms with van der Waals surface area (Å²) in [6.45, 7) is 0. The molecule has 0 spiro atoms. The van der Waals surface area contributed by atoms with Crippen LogP contribution in [0.3, 0.4) is 0 Å². The maximum Gasteiger partial charge on any atom is 0.417 e. The molecule has 6 aromatic rings.